The molecule has 1 nitrogen and oxygen atoms in total. The van der Waals surface area contributed by atoms with Crippen molar-refractivity contribution in [3.8, 4) is 0 Å². The van der Waals surface area contributed by atoms with Gasteiger partial charge in [-0.15, -0.1) is 0 Å². The van der Waals surface area contributed by atoms with E-state index in [1.54, 1.807) is 31.2 Å². The van der Waals surface area contributed by atoms with Gasteiger partial charge >= 0.3 is 0 Å². The molecule has 106 valence electrons. The molecule has 2 rings (SSSR count). The lowest BCUT2D eigenvalue weighted by Crippen LogP contribution is -2.30. The lowest BCUT2D eigenvalue weighted by Gasteiger charge is -2.24. The van der Waals surface area contributed by atoms with Crippen LogP contribution in [-0.2, 0) is 12.8 Å². The van der Waals surface area contributed by atoms with Crippen LogP contribution in [0, 0.1) is 11.6 Å². The fourth-order valence-corrected chi connectivity index (χ4v) is 2.51. The molecular formula is C16H15BrF2O. The highest BCUT2D eigenvalue weighted by molar-refractivity contribution is 9.10. The van der Waals surface area contributed by atoms with Crippen LogP contribution < -0.4 is 0 Å². The Hall–Kier alpha value is -1.26. The third-order valence-corrected chi connectivity index (χ3v) is 3.58. The van der Waals surface area contributed by atoms with Crippen LogP contribution >= 0.6 is 15.9 Å². The van der Waals surface area contributed by atoms with Crippen LogP contribution in [0.15, 0.2) is 46.9 Å². The van der Waals surface area contributed by atoms with Crippen LogP contribution in [0.4, 0.5) is 8.78 Å². The van der Waals surface area contributed by atoms with Crippen molar-refractivity contribution in [2.45, 2.75) is 25.4 Å². The summed E-state index contributed by atoms with van der Waals surface area (Å²) in [5.74, 6) is -0.661. The van der Waals surface area contributed by atoms with Crippen molar-refractivity contribution in [3.05, 3.63) is 69.7 Å². The SMILES string of the molecule is CC(O)(Cc1ccc(F)cc1)Cc1ccc(Br)cc1F. The highest BCUT2D eigenvalue weighted by atomic mass is 79.9. The summed E-state index contributed by atoms with van der Waals surface area (Å²) in [4.78, 5) is 0. The zero-order valence-electron chi connectivity index (χ0n) is 11.0. The van der Waals surface area contributed by atoms with Gasteiger partial charge in [0.25, 0.3) is 0 Å². The van der Waals surface area contributed by atoms with Crippen LogP contribution in [0.25, 0.3) is 0 Å². The van der Waals surface area contributed by atoms with Crippen LogP contribution in [0.3, 0.4) is 0 Å². The van der Waals surface area contributed by atoms with E-state index in [-0.39, 0.29) is 18.1 Å². The molecule has 0 aromatic heterocycles. The first-order chi connectivity index (χ1) is 9.35. The molecule has 2 aromatic rings. The number of halogens is 3. The Labute approximate surface area is 125 Å². The van der Waals surface area contributed by atoms with E-state index >= 15 is 0 Å². The van der Waals surface area contributed by atoms with E-state index in [1.165, 1.54) is 18.2 Å². The molecule has 0 bridgehead atoms. The molecule has 0 aliphatic heterocycles. The summed E-state index contributed by atoms with van der Waals surface area (Å²) >= 11 is 3.20. The predicted molar refractivity (Wildman–Crippen MR) is 78.5 cm³/mol. The largest absolute Gasteiger partial charge is 0.389 e. The van der Waals surface area contributed by atoms with Crippen LogP contribution in [0.1, 0.15) is 18.1 Å². The van der Waals surface area contributed by atoms with Gasteiger partial charge in [0.05, 0.1) is 5.60 Å². The molecule has 1 atom stereocenters. The van der Waals surface area contributed by atoms with E-state index in [4.69, 9.17) is 0 Å². The number of aliphatic hydroxyl groups is 1. The van der Waals surface area contributed by atoms with E-state index in [9.17, 15) is 13.9 Å². The number of hydrogen-bond acceptors (Lipinski definition) is 1. The first-order valence-electron chi connectivity index (χ1n) is 6.26. The highest BCUT2D eigenvalue weighted by Crippen LogP contribution is 2.23. The third-order valence-electron chi connectivity index (χ3n) is 3.08. The second-order valence-electron chi connectivity index (χ2n) is 5.21. The van der Waals surface area contributed by atoms with E-state index < -0.39 is 5.60 Å². The second kappa shape index (κ2) is 6.02. The minimum Gasteiger partial charge on any atom is -0.389 e. The lowest BCUT2D eigenvalue weighted by molar-refractivity contribution is 0.0599. The number of rotatable bonds is 4. The molecule has 0 fully saturated rings. The second-order valence-corrected chi connectivity index (χ2v) is 6.13. The monoisotopic (exact) mass is 340 g/mol. The van der Waals surface area contributed by atoms with Crippen molar-refractivity contribution in [2.24, 2.45) is 0 Å². The maximum atomic E-state index is 13.8. The van der Waals surface area contributed by atoms with Crippen molar-refractivity contribution in [1.82, 2.24) is 0 Å². The Balaban J connectivity index is 2.12. The van der Waals surface area contributed by atoms with Gasteiger partial charge in [-0.25, -0.2) is 8.78 Å². The van der Waals surface area contributed by atoms with E-state index in [0.717, 1.165) is 5.56 Å². The predicted octanol–water partition coefficient (Wildman–Crippen LogP) is 4.26. The van der Waals surface area contributed by atoms with Crippen molar-refractivity contribution >= 4 is 15.9 Å². The van der Waals surface area contributed by atoms with E-state index in [2.05, 4.69) is 15.9 Å². The summed E-state index contributed by atoms with van der Waals surface area (Å²) in [5, 5.41) is 10.4. The van der Waals surface area contributed by atoms with Gasteiger partial charge in [-0.3, -0.25) is 0 Å². The molecule has 1 unspecified atom stereocenters. The Morgan fingerprint density at radius 1 is 1.05 bits per heavy atom. The van der Waals surface area contributed by atoms with Crippen LogP contribution in [0.2, 0.25) is 0 Å². The molecule has 1 N–H and O–H groups in total. The van der Waals surface area contributed by atoms with Crippen LogP contribution in [0.5, 0.6) is 0 Å². The first-order valence-corrected chi connectivity index (χ1v) is 7.06. The molecule has 0 saturated heterocycles. The summed E-state index contributed by atoms with van der Waals surface area (Å²) in [7, 11) is 0. The van der Waals surface area contributed by atoms with Crippen molar-refractivity contribution < 1.29 is 13.9 Å². The van der Waals surface area contributed by atoms with Crippen molar-refractivity contribution in [1.29, 1.82) is 0 Å². The number of benzene rings is 2. The Morgan fingerprint density at radius 2 is 1.70 bits per heavy atom. The molecule has 0 spiro atoms. The van der Waals surface area contributed by atoms with Gasteiger partial charge in [0.1, 0.15) is 11.6 Å². The van der Waals surface area contributed by atoms with E-state index in [0.29, 0.717) is 16.5 Å². The standard InChI is InChI=1S/C16H15BrF2O/c1-16(20,9-11-2-6-14(18)7-3-11)10-12-4-5-13(17)8-15(12)19/h2-8,20H,9-10H2,1H3. The average Bonchev–Trinajstić information content (AvgIpc) is 2.35. The van der Waals surface area contributed by atoms with Gasteiger partial charge in [0.2, 0.25) is 0 Å². The summed E-state index contributed by atoms with van der Waals surface area (Å²) in [5.41, 5.74) is 0.182. The molecule has 20 heavy (non-hydrogen) atoms. The summed E-state index contributed by atoms with van der Waals surface area (Å²) in [6.07, 6.45) is 0.534. The van der Waals surface area contributed by atoms with Crippen molar-refractivity contribution in [2.75, 3.05) is 0 Å². The third kappa shape index (κ3) is 4.12. The minimum atomic E-state index is -1.09. The molecule has 0 aliphatic rings. The molecular weight excluding hydrogens is 326 g/mol. The van der Waals surface area contributed by atoms with Gasteiger partial charge in [0, 0.05) is 17.3 Å². The van der Waals surface area contributed by atoms with Crippen molar-refractivity contribution in [3.63, 3.8) is 0 Å². The average molecular weight is 341 g/mol. The topological polar surface area (TPSA) is 20.2 Å². The quantitative estimate of drug-likeness (QED) is 0.881. The fourth-order valence-electron chi connectivity index (χ4n) is 2.18. The molecule has 0 heterocycles. The molecule has 0 saturated carbocycles. The summed E-state index contributed by atoms with van der Waals surface area (Å²) < 4.78 is 27.3. The Morgan fingerprint density at radius 3 is 2.30 bits per heavy atom. The highest BCUT2D eigenvalue weighted by Gasteiger charge is 2.23. The van der Waals surface area contributed by atoms with Gasteiger partial charge in [0.15, 0.2) is 0 Å². The molecule has 0 amide bonds. The summed E-state index contributed by atoms with van der Waals surface area (Å²) in [6, 6.07) is 10.7. The van der Waals surface area contributed by atoms with Gasteiger partial charge < -0.3 is 5.11 Å². The zero-order chi connectivity index (χ0) is 14.8. The molecule has 2 aromatic carbocycles. The van der Waals surface area contributed by atoms with Gasteiger partial charge in [-0.05, 0) is 42.3 Å². The number of hydrogen-bond donors (Lipinski definition) is 1. The minimum absolute atomic E-state index is 0.198. The Bertz CT molecular complexity index is 594. The van der Waals surface area contributed by atoms with Crippen LogP contribution in [-0.4, -0.2) is 10.7 Å². The van der Waals surface area contributed by atoms with E-state index in [1.807, 2.05) is 0 Å². The molecule has 0 aliphatic carbocycles. The van der Waals surface area contributed by atoms with Gasteiger partial charge in [-0.1, -0.05) is 34.1 Å². The lowest BCUT2D eigenvalue weighted by atomic mass is 9.89. The van der Waals surface area contributed by atoms with Gasteiger partial charge in [-0.2, -0.15) is 0 Å². The molecule has 4 heteroatoms. The maximum absolute atomic E-state index is 13.8. The zero-order valence-corrected chi connectivity index (χ0v) is 12.6. The maximum Gasteiger partial charge on any atom is 0.127 e. The first kappa shape index (κ1) is 15.1. The molecule has 0 radical (unpaired) electrons. The fraction of sp³-hybridized carbons (Fsp3) is 0.250. The smallest absolute Gasteiger partial charge is 0.127 e. The normalized spacial score (nSPS) is 14.1. The Kier molecular flexibility index (Phi) is 4.55. The summed E-state index contributed by atoms with van der Waals surface area (Å²) in [6.45, 7) is 1.65.